The zero-order valence-electron chi connectivity index (χ0n) is 12.7. The first-order valence-corrected chi connectivity index (χ1v) is 7.74. The number of fused-ring (bicyclic) bond motifs is 2. The molecule has 4 nitrogen and oxygen atoms in total. The third-order valence-electron chi connectivity index (χ3n) is 4.90. The highest BCUT2D eigenvalue weighted by Gasteiger charge is 2.42. The Morgan fingerprint density at radius 1 is 1.29 bits per heavy atom. The van der Waals surface area contributed by atoms with Crippen molar-refractivity contribution in [3.05, 3.63) is 29.3 Å². The van der Waals surface area contributed by atoms with Gasteiger partial charge >= 0.3 is 0 Å². The van der Waals surface area contributed by atoms with Crippen molar-refractivity contribution in [3.63, 3.8) is 0 Å². The van der Waals surface area contributed by atoms with Crippen molar-refractivity contribution in [1.82, 2.24) is 4.90 Å². The van der Waals surface area contributed by atoms with Crippen molar-refractivity contribution in [2.24, 2.45) is 0 Å². The maximum Gasteiger partial charge on any atom is 0.261 e. The van der Waals surface area contributed by atoms with Crippen LogP contribution in [0, 0.1) is 13.8 Å². The van der Waals surface area contributed by atoms with Crippen molar-refractivity contribution in [1.29, 1.82) is 0 Å². The molecule has 0 aliphatic carbocycles. The van der Waals surface area contributed by atoms with E-state index in [4.69, 9.17) is 4.74 Å². The molecule has 1 amide bonds. The summed E-state index contributed by atoms with van der Waals surface area (Å²) in [5.74, 6) is 0.836. The van der Waals surface area contributed by atoms with Crippen LogP contribution in [-0.4, -0.2) is 40.7 Å². The van der Waals surface area contributed by atoms with E-state index in [1.165, 1.54) is 5.56 Å². The number of benzene rings is 1. The van der Waals surface area contributed by atoms with Gasteiger partial charge in [0, 0.05) is 12.1 Å². The molecule has 2 aliphatic heterocycles. The summed E-state index contributed by atoms with van der Waals surface area (Å²) in [7, 11) is 0. The third kappa shape index (κ3) is 2.77. The largest absolute Gasteiger partial charge is 0.483 e. The first kappa shape index (κ1) is 14.4. The van der Waals surface area contributed by atoms with Gasteiger partial charge in [0.1, 0.15) is 5.75 Å². The lowest BCUT2D eigenvalue weighted by Crippen LogP contribution is -2.49. The molecule has 21 heavy (non-hydrogen) atoms. The maximum absolute atomic E-state index is 12.5. The van der Waals surface area contributed by atoms with Crippen LogP contribution in [0.15, 0.2) is 18.2 Å². The van der Waals surface area contributed by atoms with Crippen molar-refractivity contribution in [3.8, 4) is 5.75 Å². The number of ether oxygens (including phenoxy) is 1. The summed E-state index contributed by atoms with van der Waals surface area (Å²) in [5.41, 5.74) is 2.25. The monoisotopic (exact) mass is 289 g/mol. The van der Waals surface area contributed by atoms with Crippen LogP contribution in [0.3, 0.4) is 0 Å². The molecule has 2 fully saturated rings. The van der Waals surface area contributed by atoms with Gasteiger partial charge in [-0.2, -0.15) is 0 Å². The number of aliphatic hydroxyl groups is 1. The van der Waals surface area contributed by atoms with E-state index in [1.54, 1.807) is 0 Å². The minimum atomic E-state index is -0.244. The molecule has 1 N–H and O–H groups in total. The van der Waals surface area contributed by atoms with E-state index in [1.807, 2.05) is 36.9 Å². The van der Waals surface area contributed by atoms with Gasteiger partial charge in [0.15, 0.2) is 6.61 Å². The fourth-order valence-corrected chi connectivity index (χ4v) is 3.65. The molecule has 0 saturated carbocycles. The molecule has 2 unspecified atom stereocenters. The van der Waals surface area contributed by atoms with Crippen LogP contribution in [0.2, 0.25) is 0 Å². The Balaban J connectivity index is 1.64. The summed E-state index contributed by atoms with van der Waals surface area (Å²) in [4.78, 5) is 14.4. The Hall–Kier alpha value is -1.55. The van der Waals surface area contributed by atoms with Crippen LogP contribution >= 0.6 is 0 Å². The normalized spacial score (nSPS) is 27.8. The second kappa shape index (κ2) is 5.68. The van der Waals surface area contributed by atoms with Crippen molar-refractivity contribution in [2.45, 2.75) is 57.7 Å². The fraction of sp³-hybridized carbons (Fsp3) is 0.588. The van der Waals surface area contributed by atoms with Gasteiger partial charge in [-0.25, -0.2) is 0 Å². The topological polar surface area (TPSA) is 49.8 Å². The van der Waals surface area contributed by atoms with Gasteiger partial charge in [-0.1, -0.05) is 12.1 Å². The van der Waals surface area contributed by atoms with Crippen LogP contribution in [0.25, 0.3) is 0 Å². The zero-order valence-corrected chi connectivity index (χ0v) is 12.7. The first-order valence-electron chi connectivity index (χ1n) is 7.74. The number of carbonyl (C=O) groups is 1. The summed E-state index contributed by atoms with van der Waals surface area (Å²) in [6.45, 7) is 4.14. The second-order valence-electron chi connectivity index (χ2n) is 6.30. The molecule has 2 atom stereocenters. The van der Waals surface area contributed by atoms with Crippen molar-refractivity contribution < 1.29 is 14.6 Å². The molecule has 1 aromatic carbocycles. The molecule has 4 heteroatoms. The number of piperidine rings is 1. The molecule has 2 aliphatic rings. The number of hydrogen-bond donors (Lipinski definition) is 1. The quantitative estimate of drug-likeness (QED) is 0.928. The molecular formula is C17H23NO3. The SMILES string of the molecule is Cc1cccc(OCC(=O)N2C3CCC2CC(O)C3)c1C. The van der Waals surface area contributed by atoms with Crippen LogP contribution in [0.5, 0.6) is 5.75 Å². The smallest absolute Gasteiger partial charge is 0.261 e. The highest BCUT2D eigenvalue weighted by molar-refractivity contribution is 5.79. The number of amides is 1. The Morgan fingerprint density at radius 3 is 2.62 bits per heavy atom. The van der Waals surface area contributed by atoms with E-state index in [9.17, 15) is 9.90 Å². The minimum Gasteiger partial charge on any atom is -0.483 e. The van der Waals surface area contributed by atoms with Crippen molar-refractivity contribution >= 4 is 5.91 Å². The minimum absolute atomic E-state index is 0.0512. The standard InChI is InChI=1S/C17H23NO3/c1-11-4-3-5-16(12(11)2)21-10-17(20)18-13-6-7-14(18)9-15(19)8-13/h3-5,13-15,19H,6-10H2,1-2H3. The van der Waals surface area contributed by atoms with E-state index < -0.39 is 0 Å². The zero-order chi connectivity index (χ0) is 15.0. The predicted octanol–water partition coefficient (Wildman–Crippen LogP) is 2.20. The maximum atomic E-state index is 12.5. The number of aliphatic hydroxyl groups excluding tert-OH is 1. The third-order valence-corrected chi connectivity index (χ3v) is 4.90. The average molecular weight is 289 g/mol. The number of rotatable bonds is 3. The number of nitrogens with zero attached hydrogens (tertiary/aromatic N) is 1. The lowest BCUT2D eigenvalue weighted by Gasteiger charge is -2.37. The summed E-state index contributed by atoms with van der Waals surface area (Å²) in [5, 5.41) is 9.80. The number of carbonyl (C=O) groups excluding carboxylic acids is 1. The van der Waals surface area contributed by atoms with Crippen LogP contribution < -0.4 is 4.74 Å². The average Bonchev–Trinajstić information content (AvgIpc) is 2.72. The van der Waals surface area contributed by atoms with Gasteiger partial charge in [-0.05, 0) is 56.7 Å². The fourth-order valence-electron chi connectivity index (χ4n) is 3.65. The molecule has 1 aromatic rings. The molecule has 2 heterocycles. The number of aryl methyl sites for hydroxylation is 1. The Kier molecular flexibility index (Phi) is 3.89. The van der Waals surface area contributed by atoms with Crippen LogP contribution in [-0.2, 0) is 4.79 Å². The molecule has 0 aromatic heterocycles. The van der Waals surface area contributed by atoms with Gasteiger partial charge in [0.25, 0.3) is 5.91 Å². The Bertz CT molecular complexity index is 529. The summed E-state index contributed by atoms with van der Waals surface area (Å²) in [6, 6.07) is 6.30. The lowest BCUT2D eigenvalue weighted by molar-refractivity contribution is -0.139. The molecule has 3 rings (SSSR count). The Morgan fingerprint density at radius 2 is 1.95 bits per heavy atom. The summed E-state index contributed by atoms with van der Waals surface area (Å²) < 4.78 is 5.73. The van der Waals surface area contributed by atoms with E-state index in [-0.39, 0.29) is 30.7 Å². The lowest BCUT2D eigenvalue weighted by atomic mass is 10.00. The molecule has 2 bridgehead atoms. The van der Waals surface area contributed by atoms with Gasteiger partial charge in [0.05, 0.1) is 6.10 Å². The molecular weight excluding hydrogens is 266 g/mol. The summed E-state index contributed by atoms with van der Waals surface area (Å²) in [6.07, 6.45) is 3.21. The van der Waals surface area contributed by atoms with Crippen LogP contribution in [0.1, 0.15) is 36.8 Å². The Labute approximate surface area is 125 Å². The second-order valence-corrected chi connectivity index (χ2v) is 6.30. The van der Waals surface area contributed by atoms with Gasteiger partial charge in [0.2, 0.25) is 0 Å². The molecule has 114 valence electrons. The first-order chi connectivity index (χ1) is 10.1. The number of hydrogen-bond acceptors (Lipinski definition) is 3. The highest BCUT2D eigenvalue weighted by Crippen LogP contribution is 2.35. The summed E-state index contributed by atoms with van der Waals surface area (Å²) >= 11 is 0. The predicted molar refractivity (Wildman–Crippen MR) is 80.3 cm³/mol. The molecule has 0 radical (unpaired) electrons. The molecule has 0 spiro atoms. The van der Waals surface area contributed by atoms with E-state index >= 15 is 0 Å². The van der Waals surface area contributed by atoms with Crippen LogP contribution in [0.4, 0.5) is 0 Å². The van der Waals surface area contributed by atoms with E-state index in [0.29, 0.717) is 12.8 Å². The van der Waals surface area contributed by atoms with Gasteiger partial charge in [-0.3, -0.25) is 4.79 Å². The van der Waals surface area contributed by atoms with Crippen molar-refractivity contribution in [2.75, 3.05) is 6.61 Å². The van der Waals surface area contributed by atoms with E-state index in [2.05, 4.69) is 0 Å². The molecule has 2 saturated heterocycles. The van der Waals surface area contributed by atoms with E-state index in [0.717, 1.165) is 24.2 Å². The van der Waals surface area contributed by atoms with Gasteiger partial charge < -0.3 is 14.7 Å². The van der Waals surface area contributed by atoms with Gasteiger partial charge in [-0.15, -0.1) is 0 Å². The highest BCUT2D eigenvalue weighted by atomic mass is 16.5.